The number of amides is 3. The van der Waals surface area contributed by atoms with Crippen LogP contribution < -0.4 is 27.4 Å². The highest BCUT2D eigenvalue weighted by Crippen LogP contribution is 2.18. The van der Waals surface area contributed by atoms with Gasteiger partial charge >= 0.3 is 11.9 Å². The first-order valence-corrected chi connectivity index (χ1v) is 15.1. The van der Waals surface area contributed by atoms with Crippen LogP contribution in [0.5, 0.6) is 11.5 Å². The van der Waals surface area contributed by atoms with Crippen molar-refractivity contribution in [2.24, 2.45) is 23.5 Å². The number of aryl methyl sites for hydroxylation is 1. The van der Waals surface area contributed by atoms with E-state index >= 15 is 0 Å². The fourth-order valence-corrected chi connectivity index (χ4v) is 4.39. The predicted octanol–water partition coefficient (Wildman–Crippen LogP) is 2.30. The fraction of sp³-hybridized carbons (Fsp3) is 0.182. The van der Waals surface area contributed by atoms with Crippen molar-refractivity contribution in [3.8, 4) is 11.5 Å². The molecule has 3 heterocycles. The van der Waals surface area contributed by atoms with E-state index in [4.69, 9.17) is 37.3 Å². The van der Waals surface area contributed by atoms with Crippen LogP contribution in [-0.4, -0.2) is 83.9 Å². The van der Waals surface area contributed by atoms with Crippen molar-refractivity contribution in [3.05, 3.63) is 95.6 Å². The lowest BCUT2D eigenvalue weighted by molar-refractivity contribution is -0.117. The number of nitrogens with two attached hydrogens (primary N) is 2. The number of anilines is 2. The lowest BCUT2D eigenvalue weighted by Gasteiger charge is -2.06. The number of H-pyrrole nitrogens is 1. The molecule has 0 fully saturated rings. The number of carbonyl (C=O) groups is 5. The number of carboxylic acid groups (broad SMARTS) is 2. The summed E-state index contributed by atoms with van der Waals surface area (Å²) in [4.78, 5) is 64.3. The van der Waals surface area contributed by atoms with Crippen molar-refractivity contribution in [1.82, 2.24) is 14.9 Å². The van der Waals surface area contributed by atoms with E-state index in [0.29, 0.717) is 35.7 Å². The number of para-hydroxylation sites is 2. The molecule has 18 heteroatoms. The Labute approximate surface area is 290 Å². The second-order valence-electron chi connectivity index (χ2n) is 10.8. The Morgan fingerprint density at radius 2 is 1.51 bits per heavy atom. The molecule has 0 spiro atoms. The van der Waals surface area contributed by atoms with Gasteiger partial charge in [0.25, 0.3) is 11.8 Å². The lowest BCUT2D eigenvalue weighted by Crippen LogP contribution is -2.28. The van der Waals surface area contributed by atoms with Gasteiger partial charge in [-0.15, -0.1) is 0 Å². The van der Waals surface area contributed by atoms with Crippen molar-refractivity contribution < 1.29 is 44.4 Å². The van der Waals surface area contributed by atoms with Crippen molar-refractivity contribution in [3.63, 3.8) is 0 Å². The van der Waals surface area contributed by atoms with E-state index < -0.39 is 23.9 Å². The monoisotopic (exact) mass is 703 g/mol. The molecule has 4 aromatic rings. The Morgan fingerprint density at radius 1 is 0.922 bits per heavy atom. The van der Waals surface area contributed by atoms with Crippen molar-refractivity contribution >= 4 is 52.7 Å². The van der Waals surface area contributed by atoms with Gasteiger partial charge in [0.05, 0.1) is 23.0 Å². The van der Waals surface area contributed by atoms with Crippen LogP contribution in [0.25, 0.3) is 0 Å². The molecule has 0 bridgehead atoms. The second kappa shape index (κ2) is 17.9. The zero-order valence-corrected chi connectivity index (χ0v) is 27.2. The molecule has 13 N–H and O–H groups in total. The fourth-order valence-electron chi connectivity index (χ4n) is 4.39. The summed E-state index contributed by atoms with van der Waals surface area (Å²) in [6.07, 6.45) is 4.52. The van der Waals surface area contributed by atoms with Crippen LogP contribution in [-0.2, 0) is 11.8 Å². The number of aromatic hydroxyl groups is 2. The van der Waals surface area contributed by atoms with Crippen LogP contribution >= 0.6 is 0 Å². The first-order chi connectivity index (χ1) is 24.2. The Morgan fingerprint density at radius 3 is 2.00 bits per heavy atom. The molecular weight excluding hydrogens is 666 g/mol. The van der Waals surface area contributed by atoms with Crippen LogP contribution in [0.4, 0.5) is 11.4 Å². The van der Waals surface area contributed by atoms with E-state index in [-0.39, 0.29) is 58.9 Å². The summed E-state index contributed by atoms with van der Waals surface area (Å²) >= 11 is 0. The van der Waals surface area contributed by atoms with Gasteiger partial charge in [0.1, 0.15) is 40.1 Å². The molecule has 2 aromatic heterocycles. The van der Waals surface area contributed by atoms with Crippen LogP contribution in [0.15, 0.2) is 78.0 Å². The third-order valence-corrected chi connectivity index (χ3v) is 6.94. The maximum atomic E-state index is 12.5. The number of aromatic carboxylic acids is 2. The zero-order chi connectivity index (χ0) is 37.7. The number of aliphatic imine (C=N–C) groups is 1. The number of rotatable bonds is 10. The van der Waals surface area contributed by atoms with Gasteiger partial charge in [-0.05, 0) is 42.8 Å². The smallest absolute Gasteiger partial charge is 0.339 e. The number of aromatic amines is 1. The van der Waals surface area contributed by atoms with Crippen molar-refractivity contribution in [1.29, 1.82) is 5.41 Å². The van der Waals surface area contributed by atoms with E-state index in [2.05, 4.69) is 25.9 Å². The molecule has 1 aliphatic rings. The Hall–Kier alpha value is -7.11. The van der Waals surface area contributed by atoms with Gasteiger partial charge in [-0.2, -0.15) is 0 Å². The summed E-state index contributed by atoms with van der Waals surface area (Å²) in [7, 11) is 1.68. The summed E-state index contributed by atoms with van der Waals surface area (Å²) in [6, 6.07) is 14.2. The highest BCUT2D eigenvalue weighted by molar-refractivity contribution is 6.05. The average molecular weight is 704 g/mol. The van der Waals surface area contributed by atoms with Gasteiger partial charge < -0.3 is 57.4 Å². The highest BCUT2D eigenvalue weighted by Gasteiger charge is 2.23. The number of aromatic nitrogens is 2. The number of amidine groups is 2. The third-order valence-electron chi connectivity index (χ3n) is 6.94. The third kappa shape index (κ3) is 11.5. The number of carbonyl (C=O) groups excluding carboxylic acids is 3. The molecule has 0 unspecified atom stereocenters. The van der Waals surface area contributed by atoms with Crippen LogP contribution in [0, 0.1) is 5.41 Å². The highest BCUT2D eigenvalue weighted by atomic mass is 16.4. The van der Waals surface area contributed by atoms with E-state index in [1.165, 1.54) is 42.6 Å². The van der Waals surface area contributed by atoms with E-state index in [9.17, 15) is 24.0 Å². The van der Waals surface area contributed by atoms with E-state index in [1.54, 1.807) is 42.1 Å². The molecule has 0 saturated heterocycles. The summed E-state index contributed by atoms with van der Waals surface area (Å²) < 4.78 is 1.58. The first kappa shape index (κ1) is 38.3. The summed E-state index contributed by atoms with van der Waals surface area (Å²) in [5.74, 6) is -3.23. The van der Waals surface area contributed by atoms with Crippen LogP contribution in [0.3, 0.4) is 0 Å². The minimum absolute atomic E-state index is 0.0123. The summed E-state index contributed by atoms with van der Waals surface area (Å²) in [5.41, 5.74) is 12.2. The molecule has 0 radical (unpaired) electrons. The number of hydrogen-bond acceptors (Lipinski definition) is 10. The van der Waals surface area contributed by atoms with Crippen LogP contribution in [0.2, 0.25) is 0 Å². The largest absolute Gasteiger partial charge is 0.507 e. The van der Waals surface area contributed by atoms with Crippen molar-refractivity contribution in [2.75, 3.05) is 17.2 Å². The van der Waals surface area contributed by atoms with Crippen molar-refractivity contribution in [2.45, 2.75) is 25.3 Å². The molecule has 51 heavy (non-hydrogen) atoms. The second-order valence-corrected chi connectivity index (χ2v) is 10.8. The number of nitrogens with zero attached hydrogens (tertiary/aromatic N) is 2. The lowest BCUT2D eigenvalue weighted by atomic mass is 10.2. The SMILES string of the molecule is Cn1cc(NC(=O)c2cc(NC(=O)[C@@H]3CCC(N)=N3)c[nH]2)cc1C(=O)NCCC(=N)N.O=C(O)c1ccccc1O.O=C(O)c1ccccc1O. The zero-order valence-electron chi connectivity index (χ0n) is 27.2. The molecule has 5 rings (SSSR count). The number of nitrogens with one attached hydrogen (secondary N) is 5. The molecule has 3 amide bonds. The summed E-state index contributed by atoms with van der Waals surface area (Å²) in [6.45, 7) is 0.247. The normalized spacial score (nSPS) is 12.9. The molecule has 0 saturated carbocycles. The van der Waals surface area contributed by atoms with Gasteiger partial charge in [-0.3, -0.25) is 24.8 Å². The average Bonchev–Trinajstić information content (AvgIpc) is 3.81. The van der Waals surface area contributed by atoms with E-state index in [0.717, 1.165) is 0 Å². The minimum Gasteiger partial charge on any atom is -0.507 e. The Balaban J connectivity index is 0.000000283. The molecule has 1 atom stereocenters. The Kier molecular flexibility index (Phi) is 13.4. The molecule has 18 nitrogen and oxygen atoms in total. The molecule has 1 aliphatic heterocycles. The molecule has 0 aliphatic carbocycles. The maximum Gasteiger partial charge on any atom is 0.339 e. The van der Waals surface area contributed by atoms with Gasteiger partial charge in [-0.1, -0.05) is 24.3 Å². The van der Waals surface area contributed by atoms with Gasteiger partial charge in [0, 0.05) is 38.8 Å². The quantitative estimate of drug-likeness (QED) is 0.0841. The van der Waals surface area contributed by atoms with Gasteiger partial charge in [0.2, 0.25) is 5.91 Å². The molecule has 2 aromatic carbocycles. The molecule has 268 valence electrons. The number of benzene rings is 2. The summed E-state index contributed by atoms with van der Waals surface area (Å²) in [5, 5.41) is 49.9. The van der Waals surface area contributed by atoms with Gasteiger partial charge in [-0.25, -0.2) is 9.59 Å². The number of carboxylic acids is 2. The predicted molar refractivity (Wildman–Crippen MR) is 186 cm³/mol. The topological polar surface area (TPSA) is 311 Å². The maximum absolute atomic E-state index is 12.5. The minimum atomic E-state index is -1.11. The van der Waals surface area contributed by atoms with Crippen LogP contribution in [0.1, 0.15) is 61.0 Å². The Bertz CT molecular complexity index is 1890. The van der Waals surface area contributed by atoms with E-state index in [1.807, 2.05) is 0 Å². The standard InChI is InChI=1S/C19H25N9O3.2C7H6O3/c1-28-9-11(7-14(28)19(31)23-5-4-15(20)21)26-18(30)13-6-10(8-24-13)25-17(29)12-2-3-16(22)27-12;2*8-6-4-2-1-3-5(6)7(9)10/h6-9,12,24H,2-5H2,1H3,(H3,20,21)(H2,22,27)(H,23,31)(H,25,29)(H,26,30);2*1-4,8H,(H,9,10)/t12-;;/m0../s1. The number of phenols is 2. The molecular formula is C33H37N9O9. The first-order valence-electron chi connectivity index (χ1n) is 15.1. The van der Waals surface area contributed by atoms with Gasteiger partial charge in [0.15, 0.2) is 0 Å². The number of hydrogen-bond donors (Lipinski definition) is 11.